The van der Waals surface area contributed by atoms with Crippen LogP contribution in [0.2, 0.25) is 0 Å². The van der Waals surface area contributed by atoms with Gasteiger partial charge in [0.1, 0.15) is 17.8 Å². The van der Waals surface area contributed by atoms with Gasteiger partial charge in [-0.3, -0.25) is 19.4 Å². The smallest absolute Gasteiger partial charge is 0.270 e. The maximum absolute atomic E-state index is 13.9. The van der Waals surface area contributed by atoms with Crippen LogP contribution in [0.3, 0.4) is 0 Å². The number of rotatable bonds is 15. The van der Waals surface area contributed by atoms with Crippen LogP contribution >= 0.6 is 0 Å². The van der Waals surface area contributed by atoms with Crippen molar-refractivity contribution in [1.29, 1.82) is 0 Å². The number of benzene rings is 2. The lowest BCUT2D eigenvalue weighted by Crippen LogP contribution is -2.62. The van der Waals surface area contributed by atoms with Gasteiger partial charge in [-0.05, 0) is 55.9 Å². The summed E-state index contributed by atoms with van der Waals surface area (Å²) >= 11 is 0. The molecule has 3 amide bonds. The molecule has 10 nitrogen and oxygen atoms in total. The van der Waals surface area contributed by atoms with E-state index >= 15 is 0 Å². The third kappa shape index (κ3) is 9.23. The Morgan fingerprint density at radius 2 is 1.43 bits per heavy atom. The van der Waals surface area contributed by atoms with E-state index in [1.165, 1.54) is 26.1 Å². The summed E-state index contributed by atoms with van der Waals surface area (Å²) in [5.74, 6) is -1.29. The number of amides is 3. The van der Waals surface area contributed by atoms with Crippen LogP contribution in [0, 0.1) is 5.92 Å². The van der Waals surface area contributed by atoms with Gasteiger partial charge in [0.15, 0.2) is 9.84 Å². The van der Waals surface area contributed by atoms with Gasteiger partial charge in [0.2, 0.25) is 11.8 Å². The normalized spacial score (nSPS) is 18.2. The summed E-state index contributed by atoms with van der Waals surface area (Å²) in [5.41, 5.74) is 2.11. The fourth-order valence-corrected chi connectivity index (χ4v) is 5.89. The maximum Gasteiger partial charge on any atom is 0.270 e. The highest BCUT2D eigenvalue weighted by atomic mass is 32.2. The Hall–Kier alpha value is -4.09. The van der Waals surface area contributed by atoms with Crippen LogP contribution in [0.25, 0.3) is 0 Å². The van der Waals surface area contributed by atoms with E-state index in [4.69, 9.17) is 4.74 Å². The number of epoxide rings is 1. The van der Waals surface area contributed by atoms with Gasteiger partial charge in [-0.2, -0.15) is 0 Å². The van der Waals surface area contributed by atoms with Crippen LogP contribution < -0.4 is 16.0 Å². The lowest BCUT2D eigenvalue weighted by atomic mass is 9.95. The Morgan fingerprint density at radius 3 is 1.98 bits per heavy atom. The molecule has 1 aromatic heterocycles. The van der Waals surface area contributed by atoms with Crippen molar-refractivity contribution in [2.75, 3.05) is 6.26 Å². The number of nitrogens with zero attached hydrogens (tertiary/aromatic N) is 1. The highest BCUT2D eigenvalue weighted by molar-refractivity contribution is 7.92. The lowest BCUT2D eigenvalue weighted by Gasteiger charge is -2.33. The van der Waals surface area contributed by atoms with Crippen molar-refractivity contribution in [3.63, 3.8) is 0 Å². The highest BCUT2D eigenvalue weighted by Gasteiger charge is 2.49. The third-order valence-electron chi connectivity index (χ3n) is 8.57. The fraction of sp³-hybridized carbons (Fsp3) is 0.429. The minimum atomic E-state index is -3.82. The van der Waals surface area contributed by atoms with E-state index in [1.54, 1.807) is 12.1 Å². The van der Waals surface area contributed by atoms with Gasteiger partial charge in [0.05, 0.1) is 23.3 Å². The predicted molar refractivity (Wildman–Crippen MR) is 177 cm³/mol. The Morgan fingerprint density at radius 1 is 0.848 bits per heavy atom. The molecule has 1 saturated heterocycles. The van der Waals surface area contributed by atoms with Crippen LogP contribution in [0.15, 0.2) is 85.1 Å². The van der Waals surface area contributed by atoms with Gasteiger partial charge in [-0.15, -0.1) is 0 Å². The summed E-state index contributed by atoms with van der Waals surface area (Å²) in [5, 5.41) is 8.72. The van der Waals surface area contributed by atoms with E-state index in [0.29, 0.717) is 12.8 Å². The van der Waals surface area contributed by atoms with E-state index in [-0.39, 0.29) is 30.0 Å². The van der Waals surface area contributed by atoms with Gasteiger partial charge in [-0.1, -0.05) is 80.6 Å². The van der Waals surface area contributed by atoms with Gasteiger partial charge < -0.3 is 20.7 Å². The summed E-state index contributed by atoms with van der Waals surface area (Å²) in [6.45, 7) is 6.94. The number of hydrogen-bond donors (Lipinski definition) is 3. The number of carbonyl (C=O) groups is 3. The SMILES string of the molecule is CC(C)C(Cc1ccccc1)NC(=O)C[C@@H]1O[C@@H]1[C@H](Cc1ccccc1)NC(=O)[C@@H](NC(=O)c1ccccn1)C(C)(C)S(C)(=O)=O. The molecule has 1 aliphatic rings. The van der Waals surface area contributed by atoms with Crippen LogP contribution in [0.4, 0.5) is 0 Å². The molecule has 3 aromatic rings. The second kappa shape index (κ2) is 15.0. The fourth-order valence-electron chi connectivity index (χ4n) is 5.30. The Bertz CT molecular complexity index is 1580. The van der Waals surface area contributed by atoms with Crippen molar-refractivity contribution in [3.8, 4) is 0 Å². The molecule has 3 N–H and O–H groups in total. The van der Waals surface area contributed by atoms with Crippen LogP contribution in [0.5, 0.6) is 0 Å². The zero-order chi connectivity index (χ0) is 33.5. The molecule has 0 aliphatic carbocycles. The summed E-state index contributed by atoms with van der Waals surface area (Å²) in [7, 11) is -3.82. The predicted octanol–water partition coefficient (Wildman–Crippen LogP) is 3.27. The quantitative estimate of drug-likeness (QED) is 0.214. The van der Waals surface area contributed by atoms with E-state index in [2.05, 4.69) is 34.8 Å². The van der Waals surface area contributed by atoms with Crippen LogP contribution in [-0.2, 0) is 37.0 Å². The van der Waals surface area contributed by atoms with Crippen molar-refractivity contribution in [3.05, 3.63) is 102 Å². The lowest BCUT2D eigenvalue weighted by molar-refractivity contribution is -0.124. The first-order chi connectivity index (χ1) is 21.8. The van der Waals surface area contributed by atoms with Crippen molar-refractivity contribution >= 4 is 27.6 Å². The zero-order valence-electron chi connectivity index (χ0n) is 27.0. The summed E-state index contributed by atoms with van der Waals surface area (Å²) in [6.07, 6.45) is 2.72. The molecule has 4 rings (SSSR count). The molecule has 1 aliphatic heterocycles. The second-order valence-corrected chi connectivity index (χ2v) is 15.3. The van der Waals surface area contributed by atoms with E-state index in [1.807, 2.05) is 60.7 Å². The number of ether oxygens (including phenoxy) is 1. The largest absolute Gasteiger partial charge is 0.367 e. The zero-order valence-corrected chi connectivity index (χ0v) is 27.8. The van der Waals surface area contributed by atoms with E-state index < -0.39 is 50.7 Å². The van der Waals surface area contributed by atoms with Crippen molar-refractivity contribution < 1.29 is 27.5 Å². The molecular formula is C35H44N4O6S. The molecule has 1 fully saturated rings. The monoisotopic (exact) mass is 648 g/mol. The third-order valence-corrected chi connectivity index (χ3v) is 10.7. The Balaban J connectivity index is 1.50. The topological polar surface area (TPSA) is 147 Å². The molecular weight excluding hydrogens is 604 g/mol. The number of pyridine rings is 1. The first kappa shape index (κ1) is 34.8. The summed E-state index contributed by atoms with van der Waals surface area (Å²) in [6, 6.07) is 22.1. The number of carbonyl (C=O) groups excluding carboxylic acids is 3. The van der Waals surface area contributed by atoms with Gasteiger partial charge >= 0.3 is 0 Å². The van der Waals surface area contributed by atoms with Gasteiger partial charge in [0.25, 0.3) is 5.91 Å². The van der Waals surface area contributed by atoms with Crippen LogP contribution in [-0.4, -0.2) is 72.5 Å². The highest BCUT2D eigenvalue weighted by Crippen LogP contribution is 2.31. The first-order valence-electron chi connectivity index (χ1n) is 15.5. The number of hydrogen-bond acceptors (Lipinski definition) is 7. The molecule has 0 saturated carbocycles. The van der Waals surface area contributed by atoms with Gasteiger partial charge in [-0.25, -0.2) is 8.42 Å². The summed E-state index contributed by atoms with van der Waals surface area (Å²) < 4.78 is 30.0. The molecule has 2 heterocycles. The minimum Gasteiger partial charge on any atom is -0.367 e. The first-order valence-corrected chi connectivity index (χ1v) is 17.4. The average molecular weight is 649 g/mol. The van der Waals surface area contributed by atoms with E-state index in [0.717, 1.165) is 17.4 Å². The molecule has 0 radical (unpaired) electrons. The number of aromatic nitrogens is 1. The molecule has 246 valence electrons. The summed E-state index contributed by atoms with van der Waals surface area (Å²) in [4.78, 5) is 44.2. The molecule has 46 heavy (non-hydrogen) atoms. The standard InChI is InChI=1S/C35H44N4O6S/c1-23(2)27(20-24-14-8-6-9-15-24)37-30(40)22-29-31(45-29)28(21-25-16-10-7-11-17-25)38-34(42)32(35(3,4)46(5,43)44)39-33(41)26-18-12-13-19-36-26/h6-19,23,27-29,31-32H,20-22H2,1-5H3,(H,37,40)(H,38,42)(H,39,41)/t27?,28-,29-,31+,32+/m0/s1. The van der Waals surface area contributed by atoms with Crippen molar-refractivity contribution in [2.24, 2.45) is 5.92 Å². The molecule has 2 aromatic carbocycles. The average Bonchev–Trinajstić information content (AvgIpc) is 3.78. The van der Waals surface area contributed by atoms with E-state index in [9.17, 15) is 22.8 Å². The minimum absolute atomic E-state index is 0.0500. The van der Waals surface area contributed by atoms with Crippen LogP contribution in [0.1, 0.15) is 55.7 Å². The Labute approximate surface area is 271 Å². The second-order valence-electron chi connectivity index (χ2n) is 12.8. The van der Waals surface area contributed by atoms with Crippen molar-refractivity contribution in [2.45, 2.75) is 82.0 Å². The molecule has 11 heteroatoms. The number of sulfone groups is 1. The van der Waals surface area contributed by atoms with Crippen molar-refractivity contribution in [1.82, 2.24) is 20.9 Å². The van der Waals surface area contributed by atoms with Gasteiger partial charge in [0, 0.05) is 18.5 Å². The number of nitrogens with one attached hydrogen (secondary N) is 3. The Kier molecular flexibility index (Phi) is 11.3. The molecule has 0 spiro atoms. The molecule has 1 unspecified atom stereocenters. The maximum atomic E-state index is 13.9. The molecule has 0 bridgehead atoms. The molecule has 5 atom stereocenters.